The third-order valence-electron chi connectivity index (χ3n) is 4.72. The fourth-order valence-electron chi connectivity index (χ4n) is 3.25. The van der Waals surface area contributed by atoms with E-state index in [1.54, 1.807) is 6.07 Å². The van der Waals surface area contributed by atoms with Gasteiger partial charge in [-0.05, 0) is 29.8 Å². The lowest BCUT2D eigenvalue weighted by Crippen LogP contribution is -2.48. The molecule has 6 nitrogen and oxygen atoms in total. The maximum Gasteiger partial charge on any atom is 0.289 e. The van der Waals surface area contributed by atoms with Gasteiger partial charge in [-0.1, -0.05) is 13.0 Å². The zero-order valence-corrected chi connectivity index (χ0v) is 14.4. The maximum atomic E-state index is 12.5. The highest BCUT2D eigenvalue weighted by Gasteiger charge is 2.24. The number of nitrogens with zero attached hydrogens (tertiary/aromatic N) is 2. The van der Waals surface area contributed by atoms with Crippen molar-refractivity contribution in [2.45, 2.75) is 19.9 Å². The van der Waals surface area contributed by atoms with E-state index in [1.165, 1.54) is 5.56 Å². The van der Waals surface area contributed by atoms with Crippen LogP contribution in [0.2, 0.25) is 0 Å². The van der Waals surface area contributed by atoms with Crippen LogP contribution in [-0.2, 0) is 13.0 Å². The normalized spacial score (nSPS) is 17.1. The molecule has 1 amide bonds. The van der Waals surface area contributed by atoms with Crippen LogP contribution < -0.4 is 9.47 Å². The Morgan fingerprint density at radius 2 is 1.84 bits per heavy atom. The molecule has 0 atom stereocenters. The lowest BCUT2D eigenvalue weighted by atomic mass is 10.1. The van der Waals surface area contributed by atoms with Crippen molar-refractivity contribution in [3.63, 3.8) is 0 Å². The minimum Gasteiger partial charge on any atom is -0.456 e. The Morgan fingerprint density at radius 1 is 1.04 bits per heavy atom. The van der Waals surface area contributed by atoms with Crippen LogP contribution in [0.5, 0.6) is 11.5 Å². The van der Waals surface area contributed by atoms with E-state index in [0.717, 1.165) is 43.3 Å². The second-order valence-electron chi connectivity index (χ2n) is 6.38. The number of rotatable bonds is 4. The van der Waals surface area contributed by atoms with Gasteiger partial charge in [0.2, 0.25) is 6.79 Å². The molecule has 3 heterocycles. The van der Waals surface area contributed by atoms with Crippen LogP contribution in [0.4, 0.5) is 0 Å². The summed E-state index contributed by atoms with van der Waals surface area (Å²) in [5.41, 5.74) is 1.20. The van der Waals surface area contributed by atoms with Crippen molar-refractivity contribution >= 4 is 5.91 Å². The Bertz CT molecular complexity index is 763. The average molecular weight is 342 g/mol. The molecule has 1 aromatic heterocycles. The van der Waals surface area contributed by atoms with E-state index in [1.807, 2.05) is 30.0 Å². The molecule has 132 valence electrons. The van der Waals surface area contributed by atoms with Gasteiger partial charge in [0.1, 0.15) is 5.76 Å². The number of hydrogen-bond acceptors (Lipinski definition) is 5. The number of carbonyl (C=O) groups excluding carboxylic acids is 1. The largest absolute Gasteiger partial charge is 0.456 e. The van der Waals surface area contributed by atoms with Crippen LogP contribution in [0.1, 0.15) is 28.8 Å². The highest BCUT2D eigenvalue weighted by atomic mass is 16.7. The van der Waals surface area contributed by atoms with Gasteiger partial charge in [0.25, 0.3) is 5.91 Å². The van der Waals surface area contributed by atoms with Gasteiger partial charge in [-0.25, -0.2) is 0 Å². The van der Waals surface area contributed by atoms with E-state index >= 15 is 0 Å². The Labute approximate surface area is 146 Å². The molecule has 25 heavy (non-hydrogen) atoms. The third kappa shape index (κ3) is 3.35. The first-order valence-electron chi connectivity index (χ1n) is 8.72. The molecule has 1 fully saturated rings. The summed E-state index contributed by atoms with van der Waals surface area (Å²) in [6, 6.07) is 9.72. The van der Waals surface area contributed by atoms with Gasteiger partial charge in [-0.2, -0.15) is 0 Å². The minimum atomic E-state index is -0.0116. The summed E-state index contributed by atoms with van der Waals surface area (Å²) in [4.78, 5) is 16.7. The van der Waals surface area contributed by atoms with E-state index in [9.17, 15) is 4.79 Å². The highest BCUT2D eigenvalue weighted by Crippen LogP contribution is 2.32. The van der Waals surface area contributed by atoms with Gasteiger partial charge in [-0.3, -0.25) is 9.69 Å². The molecule has 4 rings (SSSR count). The summed E-state index contributed by atoms with van der Waals surface area (Å²) in [6.45, 7) is 6.29. The van der Waals surface area contributed by atoms with Crippen molar-refractivity contribution in [3.05, 3.63) is 47.4 Å². The Balaban J connectivity index is 1.33. The summed E-state index contributed by atoms with van der Waals surface area (Å²) in [7, 11) is 0. The van der Waals surface area contributed by atoms with Gasteiger partial charge in [0.05, 0.1) is 0 Å². The molecule has 0 radical (unpaired) electrons. The van der Waals surface area contributed by atoms with Crippen molar-refractivity contribution in [2.24, 2.45) is 0 Å². The minimum absolute atomic E-state index is 0.0116. The molecule has 2 aliphatic rings. The number of carbonyl (C=O) groups is 1. The van der Waals surface area contributed by atoms with E-state index in [2.05, 4.69) is 11.0 Å². The van der Waals surface area contributed by atoms with Crippen molar-refractivity contribution < 1.29 is 18.7 Å². The molecule has 0 aliphatic carbocycles. The fraction of sp³-hybridized carbons (Fsp3) is 0.421. The van der Waals surface area contributed by atoms with Gasteiger partial charge < -0.3 is 18.8 Å². The number of hydrogen-bond donors (Lipinski definition) is 0. The first-order chi connectivity index (χ1) is 12.2. The van der Waals surface area contributed by atoms with E-state index in [4.69, 9.17) is 13.9 Å². The van der Waals surface area contributed by atoms with Gasteiger partial charge in [0.15, 0.2) is 17.3 Å². The van der Waals surface area contributed by atoms with Gasteiger partial charge in [0, 0.05) is 39.1 Å². The predicted octanol–water partition coefficient (Wildman–Crippen LogP) is 2.53. The molecular formula is C19H22N2O4. The summed E-state index contributed by atoms with van der Waals surface area (Å²) in [6.07, 6.45) is 0.802. The quantitative estimate of drug-likeness (QED) is 0.855. The SMILES string of the molecule is CCc1ccc(C(=O)N2CCN(Cc3ccc4c(c3)OCO4)CC2)o1. The molecule has 2 aliphatic heterocycles. The van der Waals surface area contributed by atoms with E-state index in [-0.39, 0.29) is 5.91 Å². The maximum absolute atomic E-state index is 12.5. The molecule has 6 heteroatoms. The number of piperazine rings is 1. The molecule has 0 N–H and O–H groups in total. The number of ether oxygens (including phenoxy) is 2. The van der Waals surface area contributed by atoms with Crippen LogP contribution >= 0.6 is 0 Å². The number of fused-ring (bicyclic) bond motifs is 1. The molecule has 0 spiro atoms. The molecule has 1 aromatic carbocycles. The zero-order chi connectivity index (χ0) is 17.2. The fourth-order valence-corrected chi connectivity index (χ4v) is 3.25. The van der Waals surface area contributed by atoms with Crippen molar-refractivity contribution in [1.82, 2.24) is 9.80 Å². The summed E-state index contributed by atoms with van der Waals surface area (Å²) < 4.78 is 16.4. The molecule has 2 aromatic rings. The first-order valence-corrected chi connectivity index (χ1v) is 8.72. The molecular weight excluding hydrogens is 320 g/mol. The monoisotopic (exact) mass is 342 g/mol. The van der Waals surface area contributed by atoms with Crippen LogP contribution in [-0.4, -0.2) is 48.7 Å². The van der Waals surface area contributed by atoms with Gasteiger partial charge in [-0.15, -0.1) is 0 Å². The molecule has 0 unspecified atom stereocenters. The van der Waals surface area contributed by atoms with Gasteiger partial charge >= 0.3 is 0 Å². The lowest BCUT2D eigenvalue weighted by Gasteiger charge is -2.34. The highest BCUT2D eigenvalue weighted by molar-refractivity contribution is 5.91. The van der Waals surface area contributed by atoms with Crippen LogP contribution in [0.15, 0.2) is 34.7 Å². The van der Waals surface area contributed by atoms with Crippen molar-refractivity contribution in [1.29, 1.82) is 0 Å². The van der Waals surface area contributed by atoms with E-state index in [0.29, 0.717) is 25.6 Å². The number of amides is 1. The Hall–Kier alpha value is -2.47. The predicted molar refractivity (Wildman–Crippen MR) is 91.8 cm³/mol. The van der Waals surface area contributed by atoms with Crippen LogP contribution in [0.3, 0.4) is 0 Å². The summed E-state index contributed by atoms with van der Waals surface area (Å²) >= 11 is 0. The van der Waals surface area contributed by atoms with Crippen LogP contribution in [0, 0.1) is 0 Å². The summed E-state index contributed by atoms with van der Waals surface area (Å²) in [5, 5.41) is 0. The Kier molecular flexibility index (Phi) is 4.36. The molecule has 0 bridgehead atoms. The zero-order valence-electron chi connectivity index (χ0n) is 14.4. The van der Waals surface area contributed by atoms with Crippen LogP contribution in [0.25, 0.3) is 0 Å². The topological polar surface area (TPSA) is 55.2 Å². The number of furan rings is 1. The Morgan fingerprint density at radius 3 is 2.60 bits per heavy atom. The molecule has 1 saturated heterocycles. The standard InChI is InChI=1S/C19H22N2O4/c1-2-15-4-6-17(25-15)19(22)21-9-7-20(8-10-21)12-14-3-5-16-18(11-14)24-13-23-16/h3-6,11H,2,7-10,12-13H2,1H3. The second kappa shape index (κ2) is 6.80. The summed E-state index contributed by atoms with van der Waals surface area (Å²) in [5.74, 6) is 2.91. The first kappa shape index (κ1) is 16.0. The second-order valence-corrected chi connectivity index (χ2v) is 6.38. The third-order valence-corrected chi connectivity index (χ3v) is 4.72. The number of aryl methyl sites for hydroxylation is 1. The lowest BCUT2D eigenvalue weighted by molar-refractivity contribution is 0.0596. The van der Waals surface area contributed by atoms with Crippen molar-refractivity contribution in [2.75, 3.05) is 33.0 Å². The van der Waals surface area contributed by atoms with E-state index < -0.39 is 0 Å². The number of benzene rings is 1. The average Bonchev–Trinajstić information content (AvgIpc) is 3.30. The molecule has 0 saturated carbocycles. The van der Waals surface area contributed by atoms with Crippen molar-refractivity contribution in [3.8, 4) is 11.5 Å². The smallest absolute Gasteiger partial charge is 0.289 e.